The maximum absolute atomic E-state index is 12.6. The van der Waals surface area contributed by atoms with Crippen LogP contribution < -0.4 is 10.5 Å². The van der Waals surface area contributed by atoms with Crippen LogP contribution in [0.1, 0.15) is 11.1 Å². The van der Waals surface area contributed by atoms with Gasteiger partial charge in [-0.2, -0.15) is 10.4 Å². The molecule has 138 valence electrons. The van der Waals surface area contributed by atoms with Gasteiger partial charge in [0.25, 0.3) is 0 Å². The van der Waals surface area contributed by atoms with Gasteiger partial charge in [0.1, 0.15) is 17.5 Å². The topological polar surface area (TPSA) is 114 Å². The molecule has 0 bridgehead atoms. The fourth-order valence-corrected chi connectivity index (χ4v) is 3.95. The Kier molecular flexibility index (Phi) is 5.28. The van der Waals surface area contributed by atoms with Crippen molar-refractivity contribution in [3.63, 3.8) is 0 Å². The zero-order valence-corrected chi connectivity index (χ0v) is 16.1. The minimum atomic E-state index is -3.76. The quantitative estimate of drug-likeness (QED) is 0.653. The number of para-hydroxylation sites is 2. The lowest BCUT2D eigenvalue weighted by Crippen LogP contribution is -2.17. The summed E-state index contributed by atoms with van der Waals surface area (Å²) in [6.45, 7) is 0. The predicted molar refractivity (Wildman–Crippen MR) is 105 cm³/mol. The molecule has 0 saturated carbocycles. The number of nitrogens with zero attached hydrogens (tertiary/aromatic N) is 3. The smallest absolute Gasteiger partial charge is 0.236 e. The summed E-state index contributed by atoms with van der Waals surface area (Å²) in [5.74, 6) is -0.176. The molecule has 0 aliphatic carbocycles. The van der Waals surface area contributed by atoms with Gasteiger partial charge in [0.05, 0.1) is 33.4 Å². The van der Waals surface area contributed by atoms with Gasteiger partial charge in [-0.15, -0.1) is 0 Å². The average molecular weight is 422 g/mol. The number of sulfonamides is 1. The van der Waals surface area contributed by atoms with Crippen molar-refractivity contribution < 1.29 is 8.42 Å². The number of aromatic nitrogens is 2. The van der Waals surface area contributed by atoms with E-state index >= 15 is 0 Å². The third-order valence-corrected chi connectivity index (χ3v) is 5.65. The van der Waals surface area contributed by atoms with Crippen molar-refractivity contribution >= 4 is 44.7 Å². The zero-order valence-electron chi connectivity index (χ0n) is 13.7. The van der Waals surface area contributed by atoms with E-state index in [4.69, 9.17) is 34.2 Å². The molecular weight excluding hydrogens is 409 g/mol. The van der Waals surface area contributed by atoms with Gasteiger partial charge in [0.2, 0.25) is 10.0 Å². The van der Waals surface area contributed by atoms with E-state index in [0.29, 0.717) is 16.3 Å². The molecule has 10 heteroatoms. The van der Waals surface area contributed by atoms with E-state index in [-0.39, 0.29) is 27.8 Å². The molecule has 0 unspecified atom stereocenters. The zero-order chi connectivity index (χ0) is 19.6. The van der Waals surface area contributed by atoms with Crippen LogP contribution in [-0.4, -0.2) is 18.2 Å². The number of nitriles is 1. The monoisotopic (exact) mass is 421 g/mol. The van der Waals surface area contributed by atoms with E-state index in [0.717, 1.165) is 0 Å². The summed E-state index contributed by atoms with van der Waals surface area (Å²) in [5, 5.41) is 13.7. The first-order valence-electron chi connectivity index (χ1n) is 7.58. The Labute approximate surface area is 166 Å². The Hall–Kier alpha value is -2.73. The van der Waals surface area contributed by atoms with Gasteiger partial charge in [-0.3, -0.25) is 4.72 Å². The van der Waals surface area contributed by atoms with Crippen molar-refractivity contribution in [2.24, 2.45) is 0 Å². The second-order valence-corrected chi connectivity index (χ2v) is 8.13. The van der Waals surface area contributed by atoms with Gasteiger partial charge >= 0.3 is 0 Å². The van der Waals surface area contributed by atoms with E-state index in [2.05, 4.69) is 9.82 Å². The molecular formula is C17H13Cl2N5O2S. The molecule has 0 radical (unpaired) electrons. The fourth-order valence-electron chi connectivity index (χ4n) is 2.43. The molecule has 0 aliphatic heterocycles. The molecule has 3 aromatic rings. The van der Waals surface area contributed by atoms with Gasteiger partial charge in [0, 0.05) is 0 Å². The van der Waals surface area contributed by atoms with Crippen molar-refractivity contribution in [3.8, 4) is 11.8 Å². The summed E-state index contributed by atoms with van der Waals surface area (Å²) in [6.07, 6.45) is 1.32. The number of rotatable bonds is 5. The highest BCUT2D eigenvalue weighted by Crippen LogP contribution is 2.27. The number of hydrogen-bond acceptors (Lipinski definition) is 5. The summed E-state index contributed by atoms with van der Waals surface area (Å²) in [6, 6.07) is 13.1. The number of nitrogen functional groups attached to an aromatic ring is 1. The van der Waals surface area contributed by atoms with Gasteiger partial charge in [-0.05, 0) is 29.8 Å². The van der Waals surface area contributed by atoms with E-state index in [1.165, 1.54) is 23.0 Å². The summed E-state index contributed by atoms with van der Waals surface area (Å²) < 4.78 is 29.0. The molecule has 3 rings (SSSR count). The van der Waals surface area contributed by atoms with Crippen molar-refractivity contribution in [1.29, 1.82) is 5.26 Å². The summed E-state index contributed by atoms with van der Waals surface area (Å²) in [5.41, 5.74) is 7.26. The molecule has 0 saturated heterocycles. The predicted octanol–water partition coefficient (Wildman–Crippen LogP) is 3.57. The highest BCUT2D eigenvalue weighted by atomic mass is 35.5. The number of nitrogens with one attached hydrogen (secondary N) is 1. The first-order chi connectivity index (χ1) is 12.8. The lowest BCUT2D eigenvalue weighted by atomic mass is 10.2. The van der Waals surface area contributed by atoms with Crippen LogP contribution in [0.5, 0.6) is 0 Å². The molecule has 1 heterocycles. The third kappa shape index (κ3) is 4.17. The lowest BCUT2D eigenvalue weighted by Gasteiger charge is -2.13. The molecule has 2 aromatic carbocycles. The third-order valence-electron chi connectivity index (χ3n) is 3.67. The van der Waals surface area contributed by atoms with Crippen LogP contribution >= 0.6 is 23.2 Å². The van der Waals surface area contributed by atoms with Crippen molar-refractivity contribution in [1.82, 2.24) is 9.78 Å². The van der Waals surface area contributed by atoms with Crippen LogP contribution in [0.25, 0.3) is 5.69 Å². The molecule has 0 spiro atoms. The maximum Gasteiger partial charge on any atom is 0.236 e. The highest BCUT2D eigenvalue weighted by Gasteiger charge is 2.17. The number of anilines is 2. The van der Waals surface area contributed by atoms with Gasteiger partial charge in [-0.25, -0.2) is 13.1 Å². The average Bonchev–Trinajstić information content (AvgIpc) is 2.98. The van der Waals surface area contributed by atoms with Crippen LogP contribution in [0.3, 0.4) is 0 Å². The number of benzene rings is 2. The maximum atomic E-state index is 12.6. The molecule has 0 aliphatic rings. The number of hydrogen-bond donors (Lipinski definition) is 2. The van der Waals surface area contributed by atoms with Crippen LogP contribution in [0.2, 0.25) is 10.0 Å². The highest BCUT2D eigenvalue weighted by molar-refractivity contribution is 7.91. The second kappa shape index (κ2) is 7.48. The molecule has 27 heavy (non-hydrogen) atoms. The van der Waals surface area contributed by atoms with Crippen molar-refractivity contribution in [2.75, 3.05) is 10.5 Å². The molecule has 0 amide bonds. The van der Waals surface area contributed by atoms with E-state index in [1.807, 2.05) is 6.07 Å². The molecule has 1 aromatic heterocycles. The largest absolute Gasteiger partial charge is 0.382 e. The Morgan fingerprint density at radius 3 is 2.59 bits per heavy atom. The minimum absolute atomic E-state index is 0.119. The first kappa shape index (κ1) is 19.0. The summed E-state index contributed by atoms with van der Waals surface area (Å²) in [7, 11) is -3.76. The van der Waals surface area contributed by atoms with Gasteiger partial charge < -0.3 is 5.73 Å². The van der Waals surface area contributed by atoms with Crippen molar-refractivity contribution in [2.45, 2.75) is 5.75 Å². The van der Waals surface area contributed by atoms with E-state index in [1.54, 1.807) is 30.3 Å². The van der Waals surface area contributed by atoms with Crippen molar-refractivity contribution in [3.05, 3.63) is 69.8 Å². The molecule has 0 atom stereocenters. The summed E-state index contributed by atoms with van der Waals surface area (Å²) >= 11 is 11.8. The molecule has 3 N–H and O–H groups in total. The summed E-state index contributed by atoms with van der Waals surface area (Å²) in [4.78, 5) is 0. The second-order valence-electron chi connectivity index (χ2n) is 5.59. The Morgan fingerprint density at radius 2 is 1.93 bits per heavy atom. The lowest BCUT2D eigenvalue weighted by molar-refractivity contribution is 0.600. The van der Waals surface area contributed by atoms with E-state index in [9.17, 15) is 8.42 Å². The van der Waals surface area contributed by atoms with Crippen LogP contribution in [-0.2, 0) is 15.8 Å². The molecule has 0 fully saturated rings. The van der Waals surface area contributed by atoms with Gasteiger partial charge in [0.15, 0.2) is 0 Å². The van der Waals surface area contributed by atoms with Crippen LogP contribution in [0.15, 0.2) is 48.7 Å². The van der Waals surface area contributed by atoms with E-state index < -0.39 is 10.0 Å². The number of nitrogens with two attached hydrogens (primary N) is 1. The Morgan fingerprint density at radius 1 is 1.19 bits per heavy atom. The first-order valence-corrected chi connectivity index (χ1v) is 9.99. The van der Waals surface area contributed by atoms with Crippen LogP contribution in [0.4, 0.5) is 11.5 Å². The standard InChI is InChI=1S/C17H13Cl2N5O2S/c18-13-6-5-11(7-14(13)19)10-27(25,26)23-15-3-1-2-4-16(15)24-17(21)12(8-20)9-22-24/h1-7,9,23H,10,21H2. The Balaban J connectivity index is 1.92. The molecule has 7 nitrogen and oxygen atoms in total. The van der Waals surface area contributed by atoms with Gasteiger partial charge in [-0.1, -0.05) is 41.4 Å². The number of halogens is 2. The minimum Gasteiger partial charge on any atom is -0.382 e. The fraction of sp³-hybridized carbons (Fsp3) is 0.0588. The van der Waals surface area contributed by atoms with Crippen LogP contribution in [0, 0.1) is 11.3 Å². The Bertz CT molecular complexity index is 1150. The SMILES string of the molecule is N#Cc1cnn(-c2ccccc2NS(=O)(=O)Cc2ccc(Cl)c(Cl)c2)c1N. The normalized spacial score (nSPS) is 11.1.